The van der Waals surface area contributed by atoms with Crippen molar-refractivity contribution in [3.63, 3.8) is 0 Å². The number of hydrogen-bond acceptors (Lipinski definition) is 4. The lowest BCUT2D eigenvalue weighted by atomic mass is 10.2. The zero-order valence-corrected chi connectivity index (χ0v) is 17.5. The SMILES string of the molecule is CCOc1ccccc1NC(=O)N1CCN(c2nc3ccccc3n3cccc23)CC1. The molecule has 7 heteroatoms. The molecule has 31 heavy (non-hydrogen) atoms. The number of fused-ring (bicyclic) bond motifs is 3. The number of ether oxygens (including phenoxy) is 1. The number of nitrogens with one attached hydrogen (secondary N) is 1. The van der Waals surface area contributed by atoms with E-state index in [-0.39, 0.29) is 6.03 Å². The smallest absolute Gasteiger partial charge is 0.322 e. The van der Waals surface area contributed by atoms with Crippen molar-refractivity contribution in [3.05, 3.63) is 66.9 Å². The molecule has 0 spiro atoms. The molecule has 0 saturated carbocycles. The lowest BCUT2D eigenvalue weighted by molar-refractivity contribution is 0.208. The molecule has 2 aromatic carbocycles. The zero-order valence-electron chi connectivity index (χ0n) is 17.5. The lowest BCUT2D eigenvalue weighted by Crippen LogP contribution is -2.50. The first kappa shape index (κ1) is 19.2. The minimum Gasteiger partial charge on any atom is -0.492 e. The molecule has 158 valence electrons. The third kappa shape index (κ3) is 3.63. The molecule has 3 heterocycles. The molecule has 1 aliphatic rings. The quantitative estimate of drug-likeness (QED) is 0.542. The largest absolute Gasteiger partial charge is 0.492 e. The van der Waals surface area contributed by atoms with E-state index >= 15 is 0 Å². The van der Waals surface area contributed by atoms with Crippen LogP contribution in [0.3, 0.4) is 0 Å². The molecule has 1 fully saturated rings. The molecule has 0 bridgehead atoms. The fourth-order valence-corrected chi connectivity index (χ4v) is 4.11. The maximum absolute atomic E-state index is 12.8. The van der Waals surface area contributed by atoms with Gasteiger partial charge in [0.25, 0.3) is 0 Å². The highest BCUT2D eigenvalue weighted by atomic mass is 16.5. The van der Waals surface area contributed by atoms with Crippen LogP contribution in [0.4, 0.5) is 16.3 Å². The summed E-state index contributed by atoms with van der Waals surface area (Å²) in [5.41, 5.74) is 3.84. The number of aromatic nitrogens is 2. The van der Waals surface area contributed by atoms with Gasteiger partial charge in [0.2, 0.25) is 0 Å². The van der Waals surface area contributed by atoms with E-state index in [0.29, 0.717) is 31.1 Å². The van der Waals surface area contributed by atoms with Crippen molar-refractivity contribution in [1.82, 2.24) is 14.3 Å². The van der Waals surface area contributed by atoms with Crippen LogP contribution < -0.4 is 15.0 Å². The Bertz CT molecular complexity index is 1230. The van der Waals surface area contributed by atoms with Crippen molar-refractivity contribution in [2.24, 2.45) is 0 Å². The molecule has 1 N–H and O–H groups in total. The second-order valence-corrected chi connectivity index (χ2v) is 7.52. The Hall–Kier alpha value is -3.74. The van der Waals surface area contributed by atoms with Gasteiger partial charge in [-0.1, -0.05) is 24.3 Å². The van der Waals surface area contributed by atoms with Crippen molar-refractivity contribution in [2.45, 2.75) is 6.92 Å². The van der Waals surface area contributed by atoms with E-state index in [1.807, 2.05) is 60.4 Å². The number of benzene rings is 2. The van der Waals surface area contributed by atoms with E-state index in [1.54, 1.807) is 0 Å². The molecule has 0 unspecified atom stereocenters. The topological polar surface area (TPSA) is 62.1 Å². The van der Waals surface area contributed by atoms with Gasteiger partial charge in [0.15, 0.2) is 5.82 Å². The van der Waals surface area contributed by atoms with Crippen LogP contribution in [-0.4, -0.2) is 53.1 Å². The summed E-state index contributed by atoms with van der Waals surface area (Å²) in [6.07, 6.45) is 2.07. The van der Waals surface area contributed by atoms with Crippen LogP contribution in [0.25, 0.3) is 16.6 Å². The summed E-state index contributed by atoms with van der Waals surface area (Å²) in [6.45, 7) is 5.20. The number of carbonyl (C=O) groups is 1. The van der Waals surface area contributed by atoms with E-state index in [0.717, 1.165) is 35.5 Å². The van der Waals surface area contributed by atoms with E-state index in [1.165, 1.54) is 0 Å². The second-order valence-electron chi connectivity index (χ2n) is 7.52. The Kier molecular flexibility index (Phi) is 5.08. The van der Waals surface area contributed by atoms with Gasteiger partial charge in [-0.2, -0.15) is 0 Å². The van der Waals surface area contributed by atoms with Gasteiger partial charge in [0.1, 0.15) is 5.75 Å². The average molecular weight is 415 g/mol. The number of carbonyl (C=O) groups excluding carboxylic acids is 1. The summed E-state index contributed by atoms with van der Waals surface area (Å²) in [5.74, 6) is 1.65. The third-order valence-electron chi connectivity index (χ3n) is 5.64. The molecule has 1 aliphatic heterocycles. The molecular formula is C24H25N5O2. The number of hydrogen-bond donors (Lipinski definition) is 1. The van der Waals surface area contributed by atoms with Crippen LogP contribution in [-0.2, 0) is 0 Å². The molecule has 0 radical (unpaired) electrons. The van der Waals surface area contributed by atoms with Crippen molar-refractivity contribution in [3.8, 4) is 5.75 Å². The minimum absolute atomic E-state index is 0.105. The van der Waals surface area contributed by atoms with Gasteiger partial charge in [-0.05, 0) is 43.3 Å². The number of rotatable bonds is 4. The summed E-state index contributed by atoms with van der Waals surface area (Å²) in [5, 5.41) is 2.99. The fourth-order valence-electron chi connectivity index (χ4n) is 4.11. The van der Waals surface area contributed by atoms with Gasteiger partial charge in [-0.3, -0.25) is 0 Å². The van der Waals surface area contributed by atoms with Crippen LogP contribution >= 0.6 is 0 Å². The van der Waals surface area contributed by atoms with E-state index in [4.69, 9.17) is 9.72 Å². The minimum atomic E-state index is -0.105. The molecule has 7 nitrogen and oxygen atoms in total. The lowest BCUT2D eigenvalue weighted by Gasteiger charge is -2.35. The van der Waals surface area contributed by atoms with Gasteiger partial charge in [0, 0.05) is 32.4 Å². The Morgan fingerprint density at radius 2 is 1.71 bits per heavy atom. The zero-order chi connectivity index (χ0) is 21.2. The van der Waals surface area contributed by atoms with Crippen molar-refractivity contribution in [1.29, 1.82) is 0 Å². The monoisotopic (exact) mass is 415 g/mol. The molecular weight excluding hydrogens is 390 g/mol. The van der Waals surface area contributed by atoms with Crippen LogP contribution in [0, 0.1) is 0 Å². The highest BCUT2D eigenvalue weighted by Gasteiger charge is 2.24. The average Bonchev–Trinajstić information content (AvgIpc) is 3.30. The van der Waals surface area contributed by atoms with Crippen LogP contribution in [0.1, 0.15) is 6.92 Å². The van der Waals surface area contributed by atoms with Crippen molar-refractivity contribution in [2.75, 3.05) is 43.0 Å². The Balaban J connectivity index is 1.32. The van der Waals surface area contributed by atoms with Gasteiger partial charge < -0.3 is 24.3 Å². The Labute approximate surface area is 180 Å². The van der Waals surface area contributed by atoms with Gasteiger partial charge in [0.05, 0.1) is 28.8 Å². The van der Waals surface area contributed by atoms with E-state index < -0.39 is 0 Å². The third-order valence-corrected chi connectivity index (χ3v) is 5.64. The van der Waals surface area contributed by atoms with Crippen LogP contribution in [0.5, 0.6) is 5.75 Å². The number of para-hydroxylation sites is 4. The van der Waals surface area contributed by atoms with Crippen molar-refractivity contribution >= 4 is 34.1 Å². The van der Waals surface area contributed by atoms with Gasteiger partial charge >= 0.3 is 6.03 Å². The predicted octanol–water partition coefficient (Wildman–Crippen LogP) is 4.24. The normalized spacial score (nSPS) is 14.2. The predicted molar refractivity (Wildman–Crippen MR) is 123 cm³/mol. The molecule has 0 aliphatic carbocycles. The highest BCUT2D eigenvalue weighted by molar-refractivity contribution is 5.91. The first-order valence-electron chi connectivity index (χ1n) is 10.6. The number of nitrogens with zero attached hydrogens (tertiary/aromatic N) is 4. The summed E-state index contributed by atoms with van der Waals surface area (Å²) >= 11 is 0. The molecule has 5 rings (SSSR count). The summed E-state index contributed by atoms with van der Waals surface area (Å²) in [4.78, 5) is 21.9. The van der Waals surface area contributed by atoms with Gasteiger partial charge in [-0.25, -0.2) is 9.78 Å². The molecule has 2 amide bonds. The number of amides is 2. The van der Waals surface area contributed by atoms with Crippen molar-refractivity contribution < 1.29 is 9.53 Å². The van der Waals surface area contributed by atoms with Crippen LogP contribution in [0.2, 0.25) is 0 Å². The van der Waals surface area contributed by atoms with Gasteiger partial charge in [-0.15, -0.1) is 0 Å². The summed E-state index contributed by atoms with van der Waals surface area (Å²) in [7, 11) is 0. The number of anilines is 2. The summed E-state index contributed by atoms with van der Waals surface area (Å²) < 4.78 is 7.80. The number of piperazine rings is 1. The Morgan fingerprint density at radius 3 is 2.55 bits per heavy atom. The second kappa shape index (κ2) is 8.18. The summed E-state index contributed by atoms with van der Waals surface area (Å²) in [6, 6.07) is 19.7. The first-order valence-corrected chi connectivity index (χ1v) is 10.6. The fraction of sp³-hybridized carbons (Fsp3) is 0.250. The standard InChI is InChI=1S/C24H25N5O2/c1-2-31-22-12-6-4-9-19(22)26-24(30)28-16-14-27(15-17-28)23-21-11-7-13-29(21)20-10-5-3-8-18(20)25-23/h3-13H,2,14-17H2,1H3,(H,26,30). The first-order chi connectivity index (χ1) is 15.2. The van der Waals surface area contributed by atoms with E-state index in [2.05, 4.69) is 32.9 Å². The number of urea groups is 1. The maximum atomic E-state index is 12.8. The molecule has 1 saturated heterocycles. The van der Waals surface area contributed by atoms with Crippen LogP contribution in [0.15, 0.2) is 66.9 Å². The highest BCUT2D eigenvalue weighted by Crippen LogP contribution is 2.27. The molecule has 2 aromatic heterocycles. The van der Waals surface area contributed by atoms with E-state index in [9.17, 15) is 4.79 Å². The maximum Gasteiger partial charge on any atom is 0.322 e. The molecule has 0 atom stereocenters. The molecule has 4 aromatic rings. The Morgan fingerprint density at radius 1 is 0.968 bits per heavy atom.